The second-order valence-corrected chi connectivity index (χ2v) is 4.30. The molecular weight excluding hydrogens is 220 g/mol. The predicted octanol–water partition coefficient (Wildman–Crippen LogP) is 4.05. The van der Waals surface area contributed by atoms with Gasteiger partial charge in [0.15, 0.2) is 0 Å². The van der Waals surface area contributed by atoms with Crippen LogP contribution in [0.5, 0.6) is 0 Å². The molecule has 88 valence electrons. The summed E-state index contributed by atoms with van der Waals surface area (Å²) in [6.45, 7) is 2.13. The standard InChI is InChI=1S/C16H14N2/c1-12-6-2-3-7-13(12)14-8-4-5-9-15(14)16-17-10-11-18-16/h2-11H,1H3,(H,17,18). The van der Waals surface area contributed by atoms with Crippen molar-refractivity contribution < 1.29 is 0 Å². The van der Waals surface area contributed by atoms with Gasteiger partial charge in [0.25, 0.3) is 0 Å². The largest absolute Gasteiger partial charge is 0.345 e. The molecule has 3 aromatic rings. The van der Waals surface area contributed by atoms with Crippen molar-refractivity contribution in [1.29, 1.82) is 0 Å². The summed E-state index contributed by atoms with van der Waals surface area (Å²) in [6, 6.07) is 16.8. The maximum atomic E-state index is 4.35. The van der Waals surface area contributed by atoms with E-state index in [0.29, 0.717) is 0 Å². The van der Waals surface area contributed by atoms with E-state index < -0.39 is 0 Å². The molecule has 0 atom stereocenters. The monoisotopic (exact) mass is 234 g/mol. The number of hydrogen-bond acceptors (Lipinski definition) is 1. The fourth-order valence-corrected chi connectivity index (χ4v) is 2.21. The molecule has 0 radical (unpaired) electrons. The van der Waals surface area contributed by atoms with Crippen LogP contribution in [0, 0.1) is 6.92 Å². The van der Waals surface area contributed by atoms with Gasteiger partial charge in [-0.3, -0.25) is 0 Å². The molecule has 0 bridgehead atoms. The molecule has 2 aromatic carbocycles. The Balaban J connectivity index is 2.22. The number of imidazole rings is 1. The maximum Gasteiger partial charge on any atom is 0.137 e. The zero-order valence-corrected chi connectivity index (χ0v) is 10.2. The van der Waals surface area contributed by atoms with Gasteiger partial charge in [-0.15, -0.1) is 0 Å². The Labute approximate surface area is 106 Å². The summed E-state index contributed by atoms with van der Waals surface area (Å²) < 4.78 is 0. The van der Waals surface area contributed by atoms with Crippen molar-refractivity contribution in [2.24, 2.45) is 0 Å². The molecule has 0 unspecified atom stereocenters. The van der Waals surface area contributed by atoms with Gasteiger partial charge in [-0.25, -0.2) is 4.98 Å². The number of hydrogen-bond donors (Lipinski definition) is 1. The van der Waals surface area contributed by atoms with Crippen LogP contribution in [-0.4, -0.2) is 9.97 Å². The van der Waals surface area contributed by atoms with E-state index in [9.17, 15) is 0 Å². The van der Waals surface area contributed by atoms with Crippen molar-refractivity contribution in [3.63, 3.8) is 0 Å². The number of nitrogens with one attached hydrogen (secondary N) is 1. The van der Waals surface area contributed by atoms with Gasteiger partial charge in [0.2, 0.25) is 0 Å². The molecule has 0 amide bonds. The zero-order valence-electron chi connectivity index (χ0n) is 10.2. The average molecular weight is 234 g/mol. The van der Waals surface area contributed by atoms with E-state index in [2.05, 4.69) is 59.4 Å². The normalized spacial score (nSPS) is 10.5. The van der Waals surface area contributed by atoms with E-state index >= 15 is 0 Å². The number of nitrogens with zero attached hydrogens (tertiary/aromatic N) is 1. The number of aryl methyl sites for hydroxylation is 1. The van der Waals surface area contributed by atoms with Gasteiger partial charge in [0.05, 0.1) is 0 Å². The van der Waals surface area contributed by atoms with Crippen LogP contribution >= 0.6 is 0 Å². The van der Waals surface area contributed by atoms with Gasteiger partial charge in [0, 0.05) is 18.0 Å². The lowest BCUT2D eigenvalue weighted by Crippen LogP contribution is -1.88. The topological polar surface area (TPSA) is 28.7 Å². The summed E-state index contributed by atoms with van der Waals surface area (Å²) in [6.07, 6.45) is 3.63. The van der Waals surface area contributed by atoms with E-state index in [1.54, 1.807) is 6.20 Å². The zero-order chi connectivity index (χ0) is 12.4. The van der Waals surface area contributed by atoms with Gasteiger partial charge in [-0.05, 0) is 23.6 Å². The van der Waals surface area contributed by atoms with Crippen molar-refractivity contribution in [3.05, 3.63) is 66.5 Å². The molecule has 0 saturated carbocycles. The smallest absolute Gasteiger partial charge is 0.137 e. The van der Waals surface area contributed by atoms with E-state index in [1.807, 2.05) is 12.3 Å². The average Bonchev–Trinajstić information content (AvgIpc) is 2.93. The van der Waals surface area contributed by atoms with Gasteiger partial charge in [-0.2, -0.15) is 0 Å². The number of H-pyrrole nitrogens is 1. The third-order valence-corrected chi connectivity index (χ3v) is 3.12. The molecule has 0 aliphatic heterocycles. The molecule has 0 aliphatic rings. The van der Waals surface area contributed by atoms with E-state index in [0.717, 1.165) is 11.4 Å². The first-order chi connectivity index (χ1) is 8.86. The Morgan fingerprint density at radius 1 is 0.833 bits per heavy atom. The highest BCUT2D eigenvalue weighted by Gasteiger charge is 2.09. The Kier molecular flexibility index (Phi) is 2.69. The van der Waals surface area contributed by atoms with Crippen LogP contribution in [0.2, 0.25) is 0 Å². The van der Waals surface area contributed by atoms with Crippen LogP contribution in [0.1, 0.15) is 5.56 Å². The van der Waals surface area contributed by atoms with Gasteiger partial charge < -0.3 is 4.98 Å². The highest BCUT2D eigenvalue weighted by molar-refractivity contribution is 5.82. The Bertz CT molecular complexity index is 654. The molecule has 1 N–H and O–H groups in total. The first-order valence-corrected chi connectivity index (χ1v) is 6.01. The molecule has 2 nitrogen and oxygen atoms in total. The van der Waals surface area contributed by atoms with Crippen LogP contribution in [0.4, 0.5) is 0 Å². The lowest BCUT2D eigenvalue weighted by atomic mass is 9.96. The number of aromatic amines is 1. The second-order valence-electron chi connectivity index (χ2n) is 4.30. The fourth-order valence-electron chi connectivity index (χ4n) is 2.21. The Hall–Kier alpha value is -2.35. The quantitative estimate of drug-likeness (QED) is 0.712. The highest BCUT2D eigenvalue weighted by atomic mass is 14.9. The summed E-state index contributed by atoms with van der Waals surface area (Å²) >= 11 is 0. The van der Waals surface area contributed by atoms with Crippen LogP contribution < -0.4 is 0 Å². The number of rotatable bonds is 2. The highest BCUT2D eigenvalue weighted by Crippen LogP contribution is 2.31. The Morgan fingerprint density at radius 3 is 2.17 bits per heavy atom. The van der Waals surface area contributed by atoms with Crippen molar-refractivity contribution in [2.45, 2.75) is 6.92 Å². The molecule has 0 saturated heterocycles. The predicted molar refractivity (Wildman–Crippen MR) is 74.2 cm³/mol. The summed E-state index contributed by atoms with van der Waals surface area (Å²) in [7, 11) is 0. The molecule has 1 aromatic heterocycles. The summed E-state index contributed by atoms with van der Waals surface area (Å²) in [4.78, 5) is 7.52. The number of aromatic nitrogens is 2. The third kappa shape index (κ3) is 1.82. The fraction of sp³-hybridized carbons (Fsp3) is 0.0625. The SMILES string of the molecule is Cc1ccccc1-c1ccccc1-c1ncc[nH]1. The molecule has 2 heteroatoms. The molecule has 3 rings (SSSR count). The van der Waals surface area contributed by atoms with Crippen LogP contribution in [0.25, 0.3) is 22.5 Å². The summed E-state index contributed by atoms with van der Waals surface area (Å²) in [5.41, 5.74) is 4.88. The molecular formula is C16H14N2. The van der Waals surface area contributed by atoms with E-state index in [4.69, 9.17) is 0 Å². The summed E-state index contributed by atoms with van der Waals surface area (Å²) in [5.74, 6) is 0.911. The first kappa shape index (κ1) is 10.8. The minimum Gasteiger partial charge on any atom is -0.345 e. The molecule has 0 spiro atoms. The van der Waals surface area contributed by atoms with Crippen LogP contribution in [0.3, 0.4) is 0 Å². The van der Waals surface area contributed by atoms with Crippen molar-refractivity contribution >= 4 is 0 Å². The van der Waals surface area contributed by atoms with Crippen LogP contribution in [-0.2, 0) is 0 Å². The summed E-state index contributed by atoms with van der Waals surface area (Å²) in [5, 5.41) is 0. The van der Waals surface area contributed by atoms with Crippen molar-refractivity contribution in [3.8, 4) is 22.5 Å². The van der Waals surface area contributed by atoms with Gasteiger partial charge in [0.1, 0.15) is 5.82 Å². The Morgan fingerprint density at radius 2 is 1.50 bits per heavy atom. The molecule has 0 fully saturated rings. The molecule has 18 heavy (non-hydrogen) atoms. The molecule has 0 aliphatic carbocycles. The maximum absolute atomic E-state index is 4.35. The van der Waals surface area contributed by atoms with E-state index in [-0.39, 0.29) is 0 Å². The number of benzene rings is 2. The van der Waals surface area contributed by atoms with Crippen LogP contribution in [0.15, 0.2) is 60.9 Å². The van der Waals surface area contributed by atoms with Gasteiger partial charge in [-0.1, -0.05) is 48.5 Å². The lowest BCUT2D eigenvalue weighted by Gasteiger charge is -2.10. The van der Waals surface area contributed by atoms with Crippen molar-refractivity contribution in [2.75, 3.05) is 0 Å². The van der Waals surface area contributed by atoms with E-state index in [1.165, 1.54) is 16.7 Å². The third-order valence-electron chi connectivity index (χ3n) is 3.12. The molecule has 1 heterocycles. The minimum absolute atomic E-state index is 0.911. The first-order valence-electron chi connectivity index (χ1n) is 6.01. The van der Waals surface area contributed by atoms with Gasteiger partial charge >= 0.3 is 0 Å². The lowest BCUT2D eigenvalue weighted by molar-refractivity contribution is 1.31. The second kappa shape index (κ2) is 4.49. The minimum atomic E-state index is 0.911. The van der Waals surface area contributed by atoms with Crippen molar-refractivity contribution in [1.82, 2.24) is 9.97 Å².